The topological polar surface area (TPSA) is 66.4 Å². The Bertz CT molecular complexity index is 508. The number of hydrogen-bond donors (Lipinski definition) is 2. The number of anilines is 1. The minimum atomic E-state index is -0.899. The van der Waals surface area contributed by atoms with Gasteiger partial charge in [-0.25, -0.2) is 0 Å². The maximum Gasteiger partial charge on any atom is 0.307 e. The van der Waals surface area contributed by atoms with Crippen LogP contribution in [0.5, 0.6) is 0 Å². The van der Waals surface area contributed by atoms with Crippen LogP contribution < -0.4 is 5.32 Å². The summed E-state index contributed by atoms with van der Waals surface area (Å²) in [6.45, 7) is 5.56. The number of hydrogen-bond acceptors (Lipinski definition) is 2. The van der Waals surface area contributed by atoms with E-state index in [9.17, 15) is 9.59 Å². The lowest BCUT2D eigenvalue weighted by Gasteiger charge is -2.06. The third-order valence-corrected chi connectivity index (χ3v) is 3.66. The summed E-state index contributed by atoms with van der Waals surface area (Å²) in [5, 5.41) is 11.8. The number of benzene rings is 1. The number of carbonyl (C=O) groups excluding carboxylic acids is 1. The molecule has 1 aromatic carbocycles. The first-order valence-electron chi connectivity index (χ1n) is 5.94. The van der Waals surface area contributed by atoms with Gasteiger partial charge in [0.2, 0.25) is 5.91 Å². The lowest BCUT2D eigenvalue weighted by Crippen LogP contribution is -2.17. The minimum Gasteiger partial charge on any atom is -0.481 e. The lowest BCUT2D eigenvalue weighted by atomic mass is 10.1. The molecular formula is C14H17NO3. The molecule has 1 fully saturated rings. The van der Waals surface area contributed by atoms with Crippen molar-refractivity contribution in [2.24, 2.45) is 17.3 Å². The summed E-state index contributed by atoms with van der Waals surface area (Å²) < 4.78 is 0. The molecule has 2 unspecified atom stereocenters. The van der Waals surface area contributed by atoms with Gasteiger partial charge in [-0.05, 0) is 30.0 Å². The minimum absolute atomic E-state index is 0.210. The number of rotatable bonds is 3. The van der Waals surface area contributed by atoms with Crippen LogP contribution in [0.2, 0.25) is 0 Å². The molecule has 4 nitrogen and oxygen atoms in total. The highest BCUT2D eigenvalue weighted by molar-refractivity contribution is 5.99. The van der Waals surface area contributed by atoms with E-state index >= 15 is 0 Å². The molecule has 2 atom stereocenters. The molecule has 2 N–H and O–H groups in total. The van der Waals surface area contributed by atoms with Crippen molar-refractivity contribution < 1.29 is 14.7 Å². The van der Waals surface area contributed by atoms with Crippen molar-refractivity contribution in [1.82, 2.24) is 0 Å². The first-order chi connectivity index (χ1) is 8.34. The van der Waals surface area contributed by atoms with Gasteiger partial charge in [-0.15, -0.1) is 0 Å². The Hall–Kier alpha value is -1.84. The zero-order valence-electron chi connectivity index (χ0n) is 10.7. The van der Waals surface area contributed by atoms with Crippen molar-refractivity contribution in [1.29, 1.82) is 0 Å². The fraction of sp³-hybridized carbons (Fsp3) is 0.429. The number of carboxylic acid groups (broad SMARTS) is 1. The Morgan fingerprint density at radius 1 is 1.28 bits per heavy atom. The fourth-order valence-electron chi connectivity index (χ4n) is 2.53. The molecule has 0 saturated heterocycles. The first kappa shape index (κ1) is 12.6. The molecule has 2 rings (SSSR count). The molecule has 1 aromatic rings. The molecule has 1 amide bonds. The molecule has 0 radical (unpaired) electrons. The number of aryl methyl sites for hydroxylation is 1. The van der Waals surface area contributed by atoms with E-state index in [2.05, 4.69) is 5.32 Å². The average Bonchev–Trinajstić information content (AvgIpc) is 2.81. The summed E-state index contributed by atoms with van der Waals surface area (Å²) in [5.74, 6) is -2.14. The van der Waals surface area contributed by atoms with Gasteiger partial charge in [-0.1, -0.05) is 26.0 Å². The average molecular weight is 247 g/mol. The summed E-state index contributed by atoms with van der Waals surface area (Å²) in [6, 6.07) is 7.47. The van der Waals surface area contributed by atoms with Gasteiger partial charge in [0, 0.05) is 5.69 Å². The van der Waals surface area contributed by atoms with E-state index in [1.165, 1.54) is 0 Å². The highest BCUT2D eigenvalue weighted by Gasteiger charge is 2.65. The Morgan fingerprint density at radius 2 is 1.94 bits per heavy atom. The zero-order chi connectivity index (χ0) is 13.5. The van der Waals surface area contributed by atoms with Gasteiger partial charge in [0.1, 0.15) is 0 Å². The second-order valence-corrected chi connectivity index (χ2v) is 5.47. The molecule has 0 heterocycles. The second-order valence-electron chi connectivity index (χ2n) is 5.47. The van der Waals surface area contributed by atoms with Gasteiger partial charge >= 0.3 is 5.97 Å². The molecular weight excluding hydrogens is 230 g/mol. The van der Waals surface area contributed by atoms with Crippen molar-refractivity contribution in [2.45, 2.75) is 20.8 Å². The highest BCUT2D eigenvalue weighted by Crippen LogP contribution is 2.58. The molecule has 0 aliphatic heterocycles. The zero-order valence-corrected chi connectivity index (χ0v) is 10.7. The van der Waals surface area contributed by atoms with E-state index in [-0.39, 0.29) is 5.91 Å². The number of nitrogens with one attached hydrogen (secondary N) is 1. The maximum atomic E-state index is 12.0. The van der Waals surface area contributed by atoms with Crippen molar-refractivity contribution in [3.8, 4) is 0 Å². The number of carbonyl (C=O) groups is 2. The first-order valence-corrected chi connectivity index (χ1v) is 5.94. The molecule has 4 heteroatoms. The summed E-state index contributed by atoms with van der Waals surface area (Å²) in [6.07, 6.45) is 0. The quantitative estimate of drug-likeness (QED) is 0.861. The Kier molecular flexibility index (Phi) is 2.89. The van der Waals surface area contributed by atoms with Crippen molar-refractivity contribution >= 4 is 17.6 Å². The molecule has 96 valence electrons. The molecule has 0 aromatic heterocycles. The summed E-state index contributed by atoms with van der Waals surface area (Å²) in [7, 11) is 0. The van der Waals surface area contributed by atoms with Crippen LogP contribution in [0.15, 0.2) is 24.3 Å². The smallest absolute Gasteiger partial charge is 0.307 e. The van der Waals surface area contributed by atoms with Crippen LogP contribution in [-0.4, -0.2) is 17.0 Å². The fourth-order valence-corrected chi connectivity index (χ4v) is 2.53. The summed E-state index contributed by atoms with van der Waals surface area (Å²) in [4.78, 5) is 23.1. The lowest BCUT2D eigenvalue weighted by molar-refractivity contribution is -0.140. The van der Waals surface area contributed by atoms with Crippen molar-refractivity contribution in [2.75, 3.05) is 5.32 Å². The van der Waals surface area contributed by atoms with Crippen LogP contribution in [0, 0.1) is 24.2 Å². The van der Waals surface area contributed by atoms with Gasteiger partial charge in [0.05, 0.1) is 11.8 Å². The SMILES string of the molecule is Cc1cccc(NC(=O)C2C(C(=O)O)C2(C)C)c1. The van der Waals surface area contributed by atoms with E-state index in [0.29, 0.717) is 5.69 Å². The van der Waals surface area contributed by atoms with E-state index in [0.717, 1.165) is 5.56 Å². The predicted octanol–water partition coefficient (Wildman–Crippen LogP) is 2.29. The van der Waals surface area contributed by atoms with Crippen LogP contribution in [-0.2, 0) is 9.59 Å². The monoisotopic (exact) mass is 247 g/mol. The molecule has 1 aliphatic rings. The Morgan fingerprint density at radius 3 is 2.44 bits per heavy atom. The normalized spacial score (nSPS) is 24.4. The van der Waals surface area contributed by atoms with Crippen LogP contribution in [0.4, 0.5) is 5.69 Å². The standard InChI is InChI=1S/C14H17NO3/c1-8-5-4-6-9(7-8)15-12(16)10-11(13(17)18)14(10,2)3/h4-7,10-11H,1-3H3,(H,15,16)(H,17,18). The molecule has 0 spiro atoms. The molecule has 0 bridgehead atoms. The van der Waals surface area contributed by atoms with E-state index in [4.69, 9.17) is 5.11 Å². The summed E-state index contributed by atoms with van der Waals surface area (Å²) >= 11 is 0. The third-order valence-electron chi connectivity index (χ3n) is 3.66. The molecule has 18 heavy (non-hydrogen) atoms. The van der Waals surface area contributed by atoms with Gasteiger partial charge in [-0.2, -0.15) is 0 Å². The Labute approximate surface area is 106 Å². The maximum absolute atomic E-state index is 12.0. The van der Waals surface area contributed by atoms with Crippen LogP contribution in [0.25, 0.3) is 0 Å². The highest BCUT2D eigenvalue weighted by atomic mass is 16.4. The van der Waals surface area contributed by atoms with E-state index in [1.54, 1.807) is 6.07 Å². The van der Waals surface area contributed by atoms with Crippen LogP contribution in [0.1, 0.15) is 19.4 Å². The van der Waals surface area contributed by atoms with Crippen molar-refractivity contribution in [3.63, 3.8) is 0 Å². The second kappa shape index (κ2) is 4.12. The van der Waals surface area contributed by atoms with Crippen LogP contribution >= 0.6 is 0 Å². The largest absolute Gasteiger partial charge is 0.481 e. The Balaban J connectivity index is 2.08. The van der Waals surface area contributed by atoms with Gasteiger partial charge in [-0.3, -0.25) is 9.59 Å². The predicted molar refractivity (Wildman–Crippen MR) is 68.2 cm³/mol. The number of carboxylic acids is 1. The molecule has 1 saturated carbocycles. The van der Waals surface area contributed by atoms with E-state index in [1.807, 2.05) is 39.0 Å². The summed E-state index contributed by atoms with van der Waals surface area (Å²) in [5.41, 5.74) is 1.31. The number of amides is 1. The van der Waals surface area contributed by atoms with Crippen molar-refractivity contribution in [3.05, 3.63) is 29.8 Å². The number of aliphatic carboxylic acids is 1. The van der Waals surface area contributed by atoms with Gasteiger partial charge in [0.25, 0.3) is 0 Å². The third kappa shape index (κ3) is 2.10. The van der Waals surface area contributed by atoms with Gasteiger partial charge in [0.15, 0.2) is 0 Å². The van der Waals surface area contributed by atoms with E-state index < -0.39 is 23.2 Å². The van der Waals surface area contributed by atoms with Gasteiger partial charge < -0.3 is 10.4 Å². The van der Waals surface area contributed by atoms with Crippen LogP contribution in [0.3, 0.4) is 0 Å². The molecule has 1 aliphatic carbocycles.